The van der Waals surface area contributed by atoms with Crippen molar-refractivity contribution in [2.75, 3.05) is 7.05 Å². The topological polar surface area (TPSA) is 20.3 Å². The number of rotatable bonds is 5. The summed E-state index contributed by atoms with van der Waals surface area (Å²) in [7, 11) is 1.83. The van der Waals surface area contributed by atoms with Crippen LogP contribution in [0.2, 0.25) is 0 Å². The van der Waals surface area contributed by atoms with Crippen molar-refractivity contribution in [3.05, 3.63) is 120 Å². The molecule has 3 rings (SSSR count). The molecule has 0 aromatic heterocycles. The summed E-state index contributed by atoms with van der Waals surface area (Å²) in [4.78, 5) is 14.5. The van der Waals surface area contributed by atoms with E-state index in [1.807, 2.05) is 61.6 Å². The molecule has 0 unspecified atom stereocenters. The first kappa shape index (κ1) is 16.7. The summed E-state index contributed by atoms with van der Waals surface area (Å²) in [6.45, 7) is 3.68. The van der Waals surface area contributed by atoms with Gasteiger partial charge in [-0.1, -0.05) is 97.6 Å². The first-order chi connectivity index (χ1) is 12.2. The van der Waals surface area contributed by atoms with Crippen LogP contribution in [0.4, 0.5) is 0 Å². The second kappa shape index (κ2) is 7.18. The Kier molecular flexibility index (Phi) is 4.80. The Bertz CT molecular complexity index is 744. The van der Waals surface area contributed by atoms with Gasteiger partial charge in [-0.3, -0.25) is 4.79 Å². The molecular formula is C23H21NO. The molecule has 25 heavy (non-hydrogen) atoms. The van der Waals surface area contributed by atoms with E-state index in [-0.39, 0.29) is 5.91 Å². The normalized spacial score (nSPS) is 10.9. The van der Waals surface area contributed by atoms with Crippen LogP contribution in [0.3, 0.4) is 0 Å². The van der Waals surface area contributed by atoms with Crippen LogP contribution in [0, 0.1) is 0 Å². The number of amides is 1. The van der Waals surface area contributed by atoms with Gasteiger partial charge in [-0.05, 0) is 22.8 Å². The quantitative estimate of drug-likeness (QED) is 0.494. The summed E-state index contributed by atoms with van der Waals surface area (Å²) in [6.07, 6.45) is 1.36. The van der Waals surface area contributed by atoms with Gasteiger partial charge in [0.05, 0.1) is 0 Å². The van der Waals surface area contributed by atoms with E-state index < -0.39 is 5.54 Å². The number of benzene rings is 3. The van der Waals surface area contributed by atoms with Crippen LogP contribution in [0.25, 0.3) is 0 Å². The fourth-order valence-corrected chi connectivity index (χ4v) is 3.42. The standard InChI is InChI=1S/C23H21NO/c1-3-22(25)24(2)23(19-13-7-4-8-14-19,20-15-9-5-10-16-20)21-17-11-6-12-18-21/h3-18H,1H2,2H3. The number of nitrogens with zero attached hydrogens (tertiary/aromatic N) is 1. The highest BCUT2D eigenvalue weighted by Crippen LogP contribution is 2.41. The third-order valence-electron chi connectivity index (χ3n) is 4.58. The summed E-state index contributed by atoms with van der Waals surface area (Å²) < 4.78 is 0. The Balaban J connectivity index is 2.40. The monoisotopic (exact) mass is 327 g/mol. The molecule has 0 atom stereocenters. The molecule has 0 spiro atoms. The SMILES string of the molecule is C=CC(=O)N(C)C(c1ccccc1)(c1ccccc1)c1ccccc1. The van der Waals surface area contributed by atoms with Crippen molar-refractivity contribution >= 4 is 5.91 Å². The van der Waals surface area contributed by atoms with Crippen molar-refractivity contribution in [2.45, 2.75) is 5.54 Å². The zero-order chi connectivity index (χ0) is 17.7. The van der Waals surface area contributed by atoms with E-state index >= 15 is 0 Å². The predicted octanol–water partition coefficient (Wildman–Crippen LogP) is 4.62. The van der Waals surface area contributed by atoms with E-state index in [1.54, 1.807) is 4.90 Å². The minimum Gasteiger partial charge on any atom is -0.324 e. The molecule has 124 valence electrons. The summed E-state index contributed by atoms with van der Waals surface area (Å²) in [5.74, 6) is -0.128. The average molecular weight is 327 g/mol. The van der Waals surface area contributed by atoms with E-state index in [0.29, 0.717) is 0 Å². The van der Waals surface area contributed by atoms with Gasteiger partial charge in [0, 0.05) is 7.05 Å². The lowest BCUT2D eigenvalue weighted by Crippen LogP contribution is -2.48. The van der Waals surface area contributed by atoms with E-state index in [0.717, 1.165) is 16.7 Å². The molecule has 0 aliphatic carbocycles. The van der Waals surface area contributed by atoms with Crippen LogP contribution >= 0.6 is 0 Å². The molecule has 0 heterocycles. The molecule has 2 nitrogen and oxygen atoms in total. The molecule has 0 saturated carbocycles. The summed E-state index contributed by atoms with van der Waals surface area (Å²) in [5, 5.41) is 0. The molecule has 0 aliphatic heterocycles. The van der Waals surface area contributed by atoms with Gasteiger partial charge in [-0.25, -0.2) is 0 Å². The number of carbonyl (C=O) groups excluding carboxylic acids is 1. The average Bonchev–Trinajstić information content (AvgIpc) is 2.70. The fraction of sp³-hybridized carbons (Fsp3) is 0.0870. The summed E-state index contributed by atoms with van der Waals surface area (Å²) in [6, 6.07) is 30.3. The number of hydrogen-bond donors (Lipinski definition) is 0. The van der Waals surface area contributed by atoms with Crippen LogP contribution in [-0.4, -0.2) is 17.9 Å². The molecule has 0 saturated heterocycles. The molecule has 3 aromatic rings. The maximum atomic E-state index is 12.7. The molecule has 0 N–H and O–H groups in total. The van der Waals surface area contributed by atoms with Gasteiger partial charge in [0.2, 0.25) is 5.91 Å². The lowest BCUT2D eigenvalue weighted by Gasteiger charge is -2.43. The van der Waals surface area contributed by atoms with E-state index in [1.165, 1.54) is 6.08 Å². The van der Waals surface area contributed by atoms with Crippen molar-refractivity contribution < 1.29 is 4.79 Å². The third kappa shape index (κ3) is 2.87. The van der Waals surface area contributed by atoms with Gasteiger partial charge in [0.25, 0.3) is 0 Å². The van der Waals surface area contributed by atoms with Crippen molar-refractivity contribution in [3.63, 3.8) is 0 Å². The van der Waals surface area contributed by atoms with Crippen LogP contribution in [0.5, 0.6) is 0 Å². The largest absolute Gasteiger partial charge is 0.324 e. The second-order valence-electron chi connectivity index (χ2n) is 5.91. The number of hydrogen-bond acceptors (Lipinski definition) is 1. The molecular weight excluding hydrogens is 306 g/mol. The van der Waals surface area contributed by atoms with Gasteiger partial charge < -0.3 is 4.90 Å². The fourth-order valence-electron chi connectivity index (χ4n) is 3.42. The zero-order valence-corrected chi connectivity index (χ0v) is 14.3. The first-order valence-electron chi connectivity index (χ1n) is 8.28. The van der Waals surface area contributed by atoms with Crippen LogP contribution < -0.4 is 0 Å². The Hall–Kier alpha value is -3.13. The van der Waals surface area contributed by atoms with Gasteiger partial charge in [-0.15, -0.1) is 0 Å². The third-order valence-corrected chi connectivity index (χ3v) is 4.58. The zero-order valence-electron chi connectivity index (χ0n) is 14.3. The van der Waals surface area contributed by atoms with Gasteiger partial charge in [0.15, 0.2) is 0 Å². The lowest BCUT2D eigenvalue weighted by molar-refractivity contribution is -0.128. The van der Waals surface area contributed by atoms with Crippen molar-refractivity contribution in [1.82, 2.24) is 4.90 Å². The summed E-state index contributed by atoms with van der Waals surface area (Å²) in [5.41, 5.74) is 2.37. The lowest BCUT2D eigenvalue weighted by atomic mass is 9.75. The van der Waals surface area contributed by atoms with Gasteiger partial charge in [0.1, 0.15) is 5.54 Å². The molecule has 3 aromatic carbocycles. The molecule has 0 aliphatic rings. The van der Waals surface area contributed by atoms with Gasteiger partial charge in [-0.2, -0.15) is 0 Å². The highest BCUT2D eigenvalue weighted by molar-refractivity contribution is 5.88. The Morgan fingerprint density at radius 3 is 1.36 bits per heavy atom. The summed E-state index contributed by atoms with van der Waals surface area (Å²) >= 11 is 0. The van der Waals surface area contributed by atoms with Crippen molar-refractivity contribution in [3.8, 4) is 0 Å². The van der Waals surface area contributed by atoms with Crippen LogP contribution in [-0.2, 0) is 10.3 Å². The number of carbonyl (C=O) groups is 1. The van der Waals surface area contributed by atoms with Crippen LogP contribution in [0.15, 0.2) is 104 Å². The molecule has 2 heteroatoms. The Labute approximate surface area is 149 Å². The molecule has 0 bridgehead atoms. The molecule has 1 amide bonds. The maximum absolute atomic E-state index is 12.7. The van der Waals surface area contributed by atoms with Crippen LogP contribution in [0.1, 0.15) is 16.7 Å². The first-order valence-corrected chi connectivity index (χ1v) is 8.28. The Morgan fingerprint density at radius 2 is 1.08 bits per heavy atom. The van der Waals surface area contributed by atoms with Crippen molar-refractivity contribution in [2.24, 2.45) is 0 Å². The van der Waals surface area contributed by atoms with Gasteiger partial charge >= 0.3 is 0 Å². The predicted molar refractivity (Wildman–Crippen MR) is 102 cm³/mol. The number of likely N-dealkylation sites (N-methyl/N-ethyl adjacent to an activating group) is 1. The Morgan fingerprint density at radius 1 is 0.760 bits per heavy atom. The molecule has 0 fully saturated rings. The minimum atomic E-state index is -0.727. The minimum absolute atomic E-state index is 0.128. The van der Waals surface area contributed by atoms with E-state index in [4.69, 9.17) is 0 Å². The van der Waals surface area contributed by atoms with Crippen molar-refractivity contribution in [1.29, 1.82) is 0 Å². The second-order valence-corrected chi connectivity index (χ2v) is 5.91. The smallest absolute Gasteiger partial charge is 0.246 e. The molecule has 0 radical (unpaired) electrons. The highest BCUT2D eigenvalue weighted by Gasteiger charge is 2.41. The highest BCUT2D eigenvalue weighted by atomic mass is 16.2. The maximum Gasteiger partial charge on any atom is 0.246 e. The van der Waals surface area contributed by atoms with E-state index in [2.05, 4.69) is 43.0 Å². The van der Waals surface area contributed by atoms with E-state index in [9.17, 15) is 4.79 Å².